The molecule has 7 atom stereocenters. The summed E-state index contributed by atoms with van der Waals surface area (Å²) in [5, 5.41) is 54.0. The molecule has 0 spiro atoms. The van der Waals surface area contributed by atoms with Crippen LogP contribution in [0.25, 0.3) is 0 Å². The number of allylic oxidation sites excluding steroid dienone is 9. The first kappa shape index (κ1) is 61.4. The Hall–Kier alpha value is -2.64. The second kappa shape index (κ2) is 44.8. The molecule has 1 saturated heterocycles. The third kappa shape index (κ3) is 34.6. The zero-order chi connectivity index (χ0) is 48.1. The molecule has 1 amide bonds. The van der Waals surface area contributed by atoms with E-state index in [1.54, 1.807) is 6.08 Å². The Morgan fingerprint density at radius 1 is 0.576 bits per heavy atom. The largest absolute Gasteiger partial charge is 0.466 e. The quantitative estimate of drug-likeness (QED) is 0.0196. The van der Waals surface area contributed by atoms with Crippen LogP contribution in [0.2, 0.25) is 0 Å². The van der Waals surface area contributed by atoms with Gasteiger partial charge in [0.2, 0.25) is 5.91 Å². The minimum Gasteiger partial charge on any atom is -0.466 e. The monoisotopic (exact) mass is 932 g/mol. The van der Waals surface area contributed by atoms with E-state index in [1.807, 2.05) is 19.1 Å². The summed E-state index contributed by atoms with van der Waals surface area (Å²) < 4.78 is 16.6. The summed E-state index contributed by atoms with van der Waals surface area (Å²) >= 11 is 0. The van der Waals surface area contributed by atoms with Crippen LogP contribution in [0.1, 0.15) is 213 Å². The molecule has 11 nitrogen and oxygen atoms in total. The van der Waals surface area contributed by atoms with Crippen molar-refractivity contribution in [1.82, 2.24) is 5.32 Å². The summed E-state index contributed by atoms with van der Waals surface area (Å²) in [6, 6.07) is -0.846. The van der Waals surface area contributed by atoms with Crippen molar-refractivity contribution in [3.8, 4) is 0 Å². The van der Waals surface area contributed by atoms with E-state index in [0.29, 0.717) is 25.9 Å². The van der Waals surface area contributed by atoms with Crippen LogP contribution < -0.4 is 5.32 Å². The molecular formula is C55H97NO10. The Labute approximate surface area is 401 Å². The highest BCUT2D eigenvalue weighted by atomic mass is 16.7. The van der Waals surface area contributed by atoms with Crippen LogP contribution >= 0.6 is 0 Å². The van der Waals surface area contributed by atoms with Crippen molar-refractivity contribution >= 4 is 11.9 Å². The maximum Gasteiger partial charge on any atom is 0.305 e. The SMILES string of the molecule is C/C=C/CC/C=C/CC/C=C/C(O)C(COC1OC(CO)C(O)C(O)C1O)NC(=O)CCCCCCC/C=C\CCCCCCCCCOC(=O)CCCCCCC/C=C\CCCCCC. The second-order valence-electron chi connectivity index (χ2n) is 18.2. The highest BCUT2D eigenvalue weighted by molar-refractivity contribution is 5.76. The van der Waals surface area contributed by atoms with Gasteiger partial charge in [0.05, 0.1) is 32.0 Å². The van der Waals surface area contributed by atoms with Crippen LogP contribution in [0.5, 0.6) is 0 Å². The van der Waals surface area contributed by atoms with Crippen molar-refractivity contribution in [2.75, 3.05) is 19.8 Å². The number of amides is 1. The fourth-order valence-corrected chi connectivity index (χ4v) is 7.87. The van der Waals surface area contributed by atoms with Crippen LogP contribution in [-0.2, 0) is 23.8 Å². The van der Waals surface area contributed by atoms with Gasteiger partial charge in [-0.25, -0.2) is 0 Å². The molecule has 1 aliphatic rings. The maximum absolute atomic E-state index is 12.9. The van der Waals surface area contributed by atoms with E-state index < -0.39 is 49.5 Å². The van der Waals surface area contributed by atoms with E-state index in [2.05, 4.69) is 54.8 Å². The van der Waals surface area contributed by atoms with E-state index in [-0.39, 0.29) is 18.5 Å². The van der Waals surface area contributed by atoms with Crippen molar-refractivity contribution in [2.24, 2.45) is 0 Å². The number of hydrogen-bond donors (Lipinski definition) is 6. The molecule has 1 rings (SSSR count). The standard InChI is InChI=1S/C55H97NO10/c1-3-5-7-9-11-13-14-19-23-27-31-35-39-43-51(60)64-44-40-36-32-28-24-21-18-16-15-17-20-22-26-30-34-38-42-50(59)56-47(48(58)41-37-33-29-25-12-10-8-6-4-2)46-65-55-54(63)53(62)52(61)49(45-57)66-55/h4,6,12-15,17,25,37,41,47-49,52-55,57-58,61-63H,3,5,7-11,16,18-24,26-36,38-40,42-46H2,1-2H3,(H,56,59)/b6-4+,14-13-,17-15-,25-12+,41-37+. The molecule has 6 N–H and O–H groups in total. The van der Waals surface area contributed by atoms with Gasteiger partial charge in [0.25, 0.3) is 0 Å². The number of hydrogen-bond acceptors (Lipinski definition) is 10. The van der Waals surface area contributed by atoms with Gasteiger partial charge in [-0.3, -0.25) is 9.59 Å². The summed E-state index contributed by atoms with van der Waals surface area (Å²) in [7, 11) is 0. The van der Waals surface area contributed by atoms with Crippen molar-refractivity contribution < 1.29 is 49.3 Å². The van der Waals surface area contributed by atoms with Gasteiger partial charge in [0.15, 0.2) is 6.29 Å². The molecule has 0 aliphatic carbocycles. The van der Waals surface area contributed by atoms with Gasteiger partial charge in [0, 0.05) is 12.8 Å². The summed E-state index contributed by atoms with van der Waals surface area (Å²) in [4.78, 5) is 25.0. The van der Waals surface area contributed by atoms with Gasteiger partial charge in [0.1, 0.15) is 24.4 Å². The zero-order valence-electron chi connectivity index (χ0n) is 41.6. The molecule has 1 aliphatic heterocycles. The molecule has 66 heavy (non-hydrogen) atoms. The minimum atomic E-state index is -1.59. The van der Waals surface area contributed by atoms with Gasteiger partial charge in [-0.2, -0.15) is 0 Å². The maximum atomic E-state index is 12.9. The number of carbonyl (C=O) groups excluding carboxylic acids is 2. The summed E-state index contributed by atoms with van der Waals surface area (Å²) in [6.45, 7) is 4.01. The molecule has 0 aromatic rings. The molecule has 382 valence electrons. The number of rotatable bonds is 44. The van der Waals surface area contributed by atoms with Crippen LogP contribution in [0.4, 0.5) is 0 Å². The third-order valence-electron chi connectivity index (χ3n) is 12.1. The fraction of sp³-hybridized carbons (Fsp3) is 0.782. The van der Waals surface area contributed by atoms with Crippen LogP contribution in [0.3, 0.4) is 0 Å². The number of carbonyl (C=O) groups is 2. The molecule has 1 heterocycles. The molecule has 1 fully saturated rings. The lowest BCUT2D eigenvalue weighted by molar-refractivity contribution is -0.302. The van der Waals surface area contributed by atoms with Gasteiger partial charge >= 0.3 is 5.97 Å². The van der Waals surface area contributed by atoms with Gasteiger partial charge in [-0.05, 0) is 103 Å². The number of aliphatic hydroxyl groups excluding tert-OH is 5. The first-order chi connectivity index (χ1) is 32.2. The smallest absolute Gasteiger partial charge is 0.305 e. The number of unbranched alkanes of at least 4 members (excludes halogenated alkanes) is 23. The first-order valence-electron chi connectivity index (χ1n) is 26.5. The minimum absolute atomic E-state index is 0.0329. The summed E-state index contributed by atoms with van der Waals surface area (Å²) in [5.74, 6) is -0.252. The average molecular weight is 932 g/mol. The van der Waals surface area contributed by atoms with E-state index in [1.165, 1.54) is 89.9 Å². The highest BCUT2D eigenvalue weighted by Gasteiger charge is 2.44. The van der Waals surface area contributed by atoms with E-state index in [4.69, 9.17) is 14.2 Å². The average Bonchev–Trinajstić information content (AvgIpc) is 3.31. The first-order valence-corrected chi connectivity index (χ1v) is 26.5. The molecular weight excluding hydrogens is 835 g/mol. The highest BCUT2D eigenvalue weighted by Crippen LogP contribution is 2.22. The topological polar surface area (TPSA) is 175 Å². The van der Waals surface area contributed by atoms with E-state index in [9.17, 15) is 35.1 Å². The van der Waals surface area contributed by atoms with Crippen LogP contribution in [0, 0.1) is 0 Å². The van der Waals surface area contributed by atoms with Gasteiger partial charge in [-0.15, -0.1) is 0 Å². The molecule has 11 heteroatoms. The van der Waals surface area contributed by atoms with E-state index in [0.717, 1.165) is 89.9 Å². The predicted octanol–water partition coefficient (Wildman–Crippen LogP) is 11.1. The van der Waals surface area contributed by atoms with Crippen molar-refractivity contribution in [1.29, 1.82) is 0 Å². The molecule has 0 aromatic carbocycles. The van der Waals surface area contributed by atoms with Crippen molar-refractivity contribution in [3.63, 3.8) is 0 Å². The normalized spacial score (nSPS) is 20.1. The van der Waals surface area contributed by atoms with Crippen molar-refractivity contribution in [3.05, 3.63) is 60.8 Å². The number of esters is 1. The number of aliphatic hydroxyl groups is 5. The Morgan fingerprint density at radius 2 is 1.05 bits per heavy atom. The summed E-state index contributed by atoms with van der Waals surface area (Å²) in [6.07, 6.45) is 46.2. The molecule has 0 radical (unpaired) electrons. The Morgan fingerprint density at radius 3 is 1.59 bits per heavy atom. The molecule has 0 bridgehead atoms. The zero-order valence-corrected chi connectivity index (χ0v) is 41.6. The van der Waals surface area contributed by atoms with Crippen LogP contribution in [0.15, 0.2) is 60.8 Å². The fourth-order valence-electron chi connectivity index (χ4n) is 7.87. The molecule has 0 saturated carbocycles. The molecule has 7 unspecified atom stereocenters. The van der Waals surface area contributed by atoms with Crippen molar-refractivity contribution in [2.45, 2.75) is 256 Å². The third-order valence-corrected chi connectivity index (χ3v) is 12.1. The predicted molar refractivity (Wildman–Crippen MR) is 269 cm³/mol. The Kier molecular flexibility index (Phi) is 41.7. The van der Waals surface area contributed by atoms with E-state index >= 15 is 0 Å². The lowest BCUT2D eigenvalue weighted by Crippen LogP contribution is -2.60. The molecule has 0 aromatic heterocycles. The number of ether oxygens (including phenoxy) is 3. The number of nitrogens with one attached hydrogen (secondary N) is 1. The van der Waals surface area contributed by atoms with Gasteiger partial charge in [-0.1, -0.05) is 158 Å². The van der Waals surface area contributed by atoms with Gasteiger partial charge < -0.3 is 45.1 Å². The second-order valence-corrected chi connectivity index (χ2v) is 18.2. The van der Waals surface area contributed by atoms with Crippen LogP contribution in [-0.4, -0.2) is 100 Å². The summed E-state index contributed by atoms with van der Waals surface area (Å²) in [5.41, 5.74) is 0. The lowest BCUT2D eigenvalue weighted by atomic mass is 9.99. The lowest BCUT2D eigenvalue weighted by Gasteiger charge is -2.40. The Bertz CT molecular complexity index is 1280. The Balaban J connectivity index is 2.11.